The van der Waals surface area contributed by atoms with E-state index in [4.69, 9.17) is 11.6 Å². The molecule has 1 amide bonds. The van der Waals surface area contributed by atoms with Crippen molar-refractivity contribution in [1.29, 1.82) is 0 Å². The van der Waals surface area contributed by atoms with E-state index in [9.17, 15) is 9.90 Å². The fourth-order valence-electron chi connectivity index (χ4n) is 2.34. The number of phenols is 1. The van der Waals surface area contributed by atoms with Crippen molar-refractivity contribution in [2.75, 3.05) is 4.90 Å². The van der Waals surface area contributed by atoms with Crippen LogP contribution < -0.4 is 4.90 Å². The third-order valence-corrected chi connectivity index (χ3v) is 3.14. The van der Waals surface area contributed by atoms with Crippen LogP contribution in [-0.4, -0.2) is 16.0 Å². The zero-order chi connectivity index (χ0) is 12.8. The number of amides is 1. The van der Waals surface area contributed by atoms with Gasteiger partial charge in [-0.15, -0.1) is 0 Å². The molecule has 0 unspecified atom stereocenters. The number of nitrogens with zero attached hydrogens (tertiary/aromatic N) is 1. The molecule has 0 spiro atoms. The Kier molecular flexibility index (Phi) is 2.66. The van der Waals surface area contributed by atoms with Gasteiger partial charge in [-0.1, -0.05) is 6.08 Å². The molecule has 0 bridgehead atoms. The molecule has 4 heteroatoms. The summed E-state index contributed by atoms with van der Waals surface area (Å²) in [6.07, 6.45) is 1.97. The summed E-state index contributed by atoms with van der Waals surface area (Å²) in [5.74, 6) is 0.179. The lowest BCUT2D eigenvalue weighted by molar-refractivity contribution is 0.260. The molecule has 1 aromatic carbocycles. The molecule has 0 atom stereocenters. The molecule has 0 radical (unpaired) electrons. The average molecular weight is 252 g/mol. The van der Waals surface area contributed by atoms with Crippen molar-refractivity contribution in [1.82, 2.24) is 0 Å². The maximum absolute atomic E-state index is 11.6. The summed E-state index contributed by atoms with van der Waals surface area (Å²) in [7, 11) is 0. The Morgan fingerprint density at radius 1 is 1.41 bits per heavy atom. The zero-order valence-electron chi connectivity index (χ0n) is 9.99. The number of hydrogen-bond donors (Lipinski definition) is 1. The van der Waals surface area contributed by atoms with E-state index in [0.717, 1.165) is 16.8 Å². The molecule has 17 heavy (non-hydrogen) atoms. The van der Waals surface area contributed by atoms with E-state index in [-0.39, 0.29) is 5.75 Å². The number of rotatable bonds is 0. The van der Waals surface area contributed by atoms with Crippen LogP contribution in [0.25, 0.3) is 5.57 Å². The third kappa shape index (κ3) is 1.91. The van der Waals surface area contributed by atoms with E-state index < -0.39 is 10.9 Å². The predicted molar refractivity (Wildman–Crippen MR) is 69.6 cm³/mol. The highest BCUT2D eigenvalue weighted by Crippen LogP contribution is 2.40. The second-order valence-corrected chi connectivity index (χ2v) is 5.09. The summed E-state index contributed by atoms with van der Waals surface area (Å²) in [6.45, 7) is 5.80. The summed E-state index contributed by atoms with van der Waals surface area (Å²) in [6, 6.07) is 4.91. The van der Waals surface area contributed by atoms with Crippen molar-refractivity contribution in [3.63, 3.8) is 0 Å². The number of aromatic hydroxyl groups is 1. The minimum Gasteiger partial charge on any atom is -0.508 e. The van der Waals surface area contributed by atoms with Crippen LogP contribution in [0.2, 0.25) is 0 Å². The molecule has 0 aliphatic carbocycles. The topological polar surface area (TPSA) is 40.5 Å². The average Bonchev–Trinajstić information content (AvgIpc) is 2.17. The normalized spacial score (nSPS) is 17.4. The van der Waals surface area contributed by atoms with Gasteiger partial charge in [0.25, 0.3) is 0 Å². The predicted octanol–water partition coefficient (Wildman–Crippen LogP) is 3.75. The summed E-state index contributed by atoms with van der Waals surface area (Å²) < 4.78 is 0. The molecule has 1 N–H and O–H groups in total. The maximum Gasteiger partial charge on any atom is 0.321 e. The second kappa shape index (κ2) is 3.77. The first-order valence-electron chi connectivity index (χ1n) is 5.35. The zero-order valence-corrected chi connectivity index (χ0v) is 10.7. The lowest BCUT2D eigenvalue weighted by atomic mass is 9.89. The van der Waals surface area contributed by atoms with Gasteiger partial charge in [-0.2, -0.15) is 0 Å². The Labute approximate surface area is 105 Å². The molecule has 1 aromatic rings. The number of benzene rings is 1. The first kappa shape index (κ1) is 12.0. The van der Waals surface area contributed by atoms with Crippen molar-refractivity contribution >= 4 is 28.2 Å². The molecule has 1 aliphatic heterocycles. The Bertz CT molecular complexity index is 520. The monoisotopic (exact) mass is 251 g/mol. The van der Waals surface area contributed by atoms with E-state index in [1.54, 1.807) is 18.2 Å². The summed E-state index contributed by atoms with van der Waals surface area (Å²) in [5, 5.41) is 8.97. The van der Waals surface area contributed by atoms with Gasteiger partial charge in [0.05, 0.1) is 11.2 Å². The number of carbonyl (C=O) groups excluding carboxylic acids is 1. The van der Waals surface area contributed by atoms with E-state index >= 15 is 0 Å². The van der Waals surface area contributed by atoms with Crippen LogP contribution in [0.3, 0.4) is 0 Å². The lowest BCUT2D eigenvalue weighted by Gasteiger charge is -2.40. The number of phenolic OH excluding ortho intramolecular Hbond substituents is 1. The molecule has 0 aromatic heterocycles. The summed E-state index contributed by atoms with van der Waals surface area (Å²) in [5.41, 5.74) is 2.12. The standard InChI is InChI=1S/C13H14ClNO2/c1-8-7-13(2,3)15(12(14)17)11-5-4-9(16)6-10(8)11/h4-7,16H,1-3H3. The Morgan fingerprint density at radius 2 is 2.06 bits per heavy atom. The van der Waals surface area contributed by atoms with Crippen LogP contribution in [0, 0.1) is 0 Å². The van der Waals surface area contributed by atoms with Crippen molar-refractivity contribution in [2.45, 2.75) is 26.3 Å². The van der Waals surface area contributed by atoms with Gasteiger partial charge in [-0.05, 0) is 56.1 Å². The number of fused-ring (bicyclic) bond motifs is 1. The van der Waals surface area contributed by atoms with E-state index in [0.29, 0.717) is 0 Å². The van der Waals surface area contributed by atoms with Crippen molar-refractivity contribution < 1.29 is 9.90 Å². The highest BCUT2D eigenvalue weighted by atomic mass is 35.5. The van der Waals surface area contributed by atoms with E-state index in [1.165, 1.54) is 4.90 Å². The van der Waals surface area contributed by atoms with Crippen molar-refractivity contribution in [3.05, 3.63) is 29.8 Å². The molecular weight excluding hydrogens is 238 g/mol. The van der Waals surface area contributed by atoms with Crippen LogP contribution in [0.15, 0.2) is 24.3 Å². The van der Waals surface area contributed by atoms with Gasteiger partial charge in [-0.25, -0.2) is 0 Å². The number of hydrogen-bond acceptors (Lipinski definition) is 2. The van der Waals surface area contributed by atoms with Gasteiger partial charge >= 0.3 is 5.37 Å². The first-order chi connectivity index (χ1) is 7.83. The van der Waals surface area contributed by atoms with Gasteiger partial charge in [-0.3, -0.25) is 9.69 Å². The van der Waals surface area contributed by atoms with E-state index in [2.05, 4.69) is 0 Å². The van der Waals surface area contributed by atoms with Crippen LogP contribution in [-0.2, 0) is 0 Å². The Morgan fingerprint density at radius 3 is 2.65 bits per heavy atom. The molecule has 90 valence electrons. The highest BCUT2D eigenvalue weighted by molar-refractivity contribution is 6.66. The quantitative estimate of drug-likeness (QED) is 0.563. The Balaban J connectivity index is 2.69. The fourth-order valence-corrected chi connectivity index (χ4v) is 2.65. The molecular formula is C13H14ClNO2. The Hall–Kier alpha value is -1.48. The summed E-state index contributed by atoms with van der Waals surface area (Å²) in [4.78, 5) is 13.1. The molecule has 0 fully saturated rings. The molecule has 3 nitrogen and oxygen atoms in total. The van der Waals surface area contributed by atoms with Crippen molar-refractivity contribution in [3.8, 4) is 5.75 Å². The molecule has 1 aliphatic rings. The molecule has 2 rings (SSSR count). The van der Waals surface area contributed by atoms with Crippen LogP contribution in [0.1, 0.15) is 26.3 Å². The lowest BCUT2D eigenvalue weighted by Crippen LogP contribution is -2.46. The fraction of sp³-hybridized carbons (Fsp3) is 0.308. The number of halogens is 1. The maximum atomic E-state index is 11.6. The third-order valence-electron chi connectivity index (χ3n) is 2.97. The van der Waals surface area contributed by atoms with Crippen molar-refractivity contribution in [2.24, 2.45) is 0 Å². The smallest absolute Gasteiger partial charge is 0.321 e. The van der Waals surface area contributed by atoms with Gasteiger partial charge in [0.1, 0.15) is 5.75 Å². The van der Waals surface area contributed by atoms with Crippen LogP contribution in [0.4, 0.5) is 10.5 Å². The van der Waals surface area contributed by atoms with E-state index in [1.807, 2.05) is 26.8 Å². The molecule has 1 heterocycles. The summed E-state index contributed by atoms with van der Waals surface area (Å²) >= 11 is 5.65. The second-order valence-electron chi connectivity index (χ2n) is 4.77. The van der Waals surface area contributed by atoms with Gasteiger partial charge < -0.3 is 5.11 Å². The number of anilines is 1. The van der Waals surface area contributed by atoms with Gasteiger partial charge in [0.2, 0.25) is 0 Å². The highest BCUT2D eigenvalue weighted by Gasteiger charge is 2.35. The van der Waals surface area contributed by atoms with Crippen LogP contribution in [0.5, 0.6) is 5.75 Å². The van der Waals surface area contributed by atoms with Gasteiger partial charge in [0, 0.05) is 5.56 Å². The number of carbonyl (C=O) groups is 1. The largest absolute Gasteiger partial charge is 0.508 e. The first-order valence-corrected chi connectivity index (χ1v) is 5.73. The molecule has 0 saturated carbocycles. The minimum atomic E-state index is -0.523. The number of allylic oxidation sites excluding steroid dienone is 1. The SMILES string of the molecule is CC1=CC(C)(C)N(C(=O)Cl)c2ccc(O)cc21. The van der Waals surface area contributed by atoms with Gasteiger partial charge in [0.15, 0.2) is 0 Å². The molecule has 0 saturated heterocycles. The van der Waals surface area contributed by atoms with Crippen LogP contribution >= 0.6 is 11.6 Å². The minimum absolute atomic E-state index is 0.179.